The summed E-state index contributed by atoms with van der Waals surface area (Å²) in [6.45, 7) is 3.46. The van der Waals surface area contributed by atoms with Gasteiger partial charge < -0.3 is 15.0 Å². The van der Waals surface area contributed by atoms with Crippen LogP contribution < -0.4 is 5.32 Å². The minimum absolute atomic E-state index is 0.00513. The van der Waals surface area contributed by atoms with E-state index in [0.29, 0.717) is 24.8 Å². The van der Waals surface area contributed by atoms with Gasteiger partial charge >= 0.3 is 0 Å². The number of rotatable bonds is 2. The molecule has 0 saturated carbocycles. The quantitative estimate of drug-likeness (QED) is 0.911. The van der Waals surface area contributed by atoms with E-state index in [9.17, 15) is 4.79 Å². The SMILES string of the molecule is O=C(c1ccc2c(c1)COC2)N1CCNCC1c1cccc(Cl)c1. The smallest absolute Gasteiger partial charge is 0.254 e. The van der Waals surface area contributed by atoms with Crippen molar-refractivity contribution in [3.63, 3.8) is 0 Å². The Hall–Kier alpha value is -1.88. The van der Waals surface area contributed by atoms with Crippen LogP contribution in [0.4, 0.5) is 0 Å². The molecule has 1 N–H and O–H groups in total. The fourth-order valence-electron chi connectivity index (χ4n) is 3.43. The Balaban J connectivity index is 1.64. The number of hydrogen-bond donors (Lipinski definition) is 1. The van der Waals surface area contributed by atoms with E-state index in [-0.39, 0.29) is 11.9 Å². The Labute approximate surface area is 146 Å². The van der Waals surface area contributed by atoms with E-state index in [1.807, 2.05) is 47.4 Å². The number of ether oxygens (including phenoxy) is 1. The van der Waals surface area contributed by atoms with Crippen LogP contribution in [0.3, 0.4) is 0 Å². The first-order valence-electron chi connectivity index (χ1n) is 8.19. The summed E-state index contributed by atoms with van der Waals surface area (Å²) in [5.41, 5.74) is 4.09. The maximum Gasteiger partial charge on any atom is 0.254 e. The lowest BCUT2D eigenvalue weighted by atomic mass is 10.0. The van der Waals surface area contributed by atoms with Crippen molar-refractivity contribution in [1.29, 1.82) is 0 Å². The highest BCUT2D eigenvalue weighted by Crippen LogP contribution is 2.28. The standard InChI is InChI=1S/C19H19ClN2O2/c20-17-3-1-2-13(9-17)18-10-21-6-7-22(18)19(23)14-4-5-15-11-24-12-16(15)8-14/h1-5,8-9,18,21H,6-7,10-12H2. The molecule has 0 bridgehead atoms. The van der Waals surface area contributed by atoms with Crippen molar-refractivity contribution in [2.45, 2.75) is 19.3 Å². The average Bonchev–Trinajstić information content (AvgIpc) is 3.09. The van der Waals surface area contributed by atoms with Crippen LogP contribution in [0.2, 0.25) is 5.02 Å². The number of nitrogens with zero attached hydrogens (tertiary/aromatic N) is 1. The van der Waals surface area contributed by atoms with Gasteiger partial charge in [0, 0.05) is 30.2 Å². The van der Waals surface area contributed by atoms with Crippen LogP contribution in [0, 0.1) is 0 Å². The number of nitrogens with one attached hydrogen (secondary N) is 1. The maximum atomic E-state index is 13.1. The third-order valence-electron chi connectivity index (χ3n) is 4.71. The fraction of sp³-hybridized carbons (Fsp3) is 0.316. The molecule has 0 aromatic heterocycles. The molecule has 4 rings (SSSR count). The predicted octanol–water partition coefficient (Wildman–Crippen LogP) is 3.16. The third-order valence-corrected chi connectivity index (χ3v) is 4.94. The molecular weight excluding hydrogens is 324 g/mol. The summed E-state index contributed by atoms with van der Waals surface area (Å²) >= 11 is 6.13. The fourth-order valence-corrected chi connectivity index (χ4v) is 3.63. The van der Waals surface area contributed by atoms with Crippen molar-refractivity contribution in [1.82, 2.24) is 10.2 Å². The Morgan fingerprint density at radius 2 is 2.04 bits per heavy atom. The van der Waals surface area contributed by atoms with Crippen LogP contribution in [0.25, 0.3) is 0 Å². The lowest BCUT2D eigenvalue weighted by Gasteiger charge is -2.36. The molecular formula is C19H19ClN2O2. The zero-order valence-corrected chi connectivity index (χ0v) is 14.1. The molecule has 2 aromatic rings. The number of hydrogen-bond acceptors (Lipinski definition) is 3. The van der Waals surface area contributed by atoms with Gasteiger partial charge in [0.2, 0.25) is 0 Å². The summed E-state index contributed by atoms with van der Waals surface area (Å²) in [4.78, 5) is 15.0. The van der Waals surface area contributed by atoms with Crippen LogP contribution in [-0.4, -0.2) is 30.4 Å². The minimum Gasteiger partial charge on any atom is -0.372 e. The molecule has 2 aliphatic rings. The molecule has 2 aliphatic heterocycles. The maximum absolute atomic E-state index is 13.1. The van der Waals surface area contributed by atoms with Gasteiger partial charge in [-0.2, -0.15) is 0 Å². The molecule has 1 atom stereocenters. The van der Waals surface area contributed by atoms with Crippen molar-refractivity contribution in [3.8, 4) is 0 Å². The average molecular weight is 343 g/mol. The summed E-state index contributed by atoms with van der Waals surface area (Å²) in [5, 5.41) is 4.07. The van der Waals surface area contributed by atoms with Gasteiger partial charge in [-0.15, -0.1) is 0 Å². The highest BCUT2D eigenvalue weighted by atomic mass is 35.5. The zero-order valence-electron chi connectivity index (χ0n) is 13.3. The first-order valence-corrected chi connectivity index (χ1v) is 8.57. The lowest BCUT2D eigenvalue weighted by Crippen LogP contribution is -2.48. The first kappa shape index (κ1) is 15.6. The third kappa shape index (κ3) is 2.93. The van der Waals surface area contributed by atoms with Gasteiger partial charge in [0.15, 0.2) is 0 Å². The largest absolute Gasteiger partial charge is 0.372 e. The predicted molar refractivity (Wildman–Crippen MR) is 93.0 cm³/mol. The number of piperazine rings is 1. The second-order valence-electron chi connectivity index (χ2n) is 6.25. The van der Waals surface area contributed by atoms with Crippen molar-refractivity contribution in [2.24, 2.45) is 0 Å². The number of fused-ring (bicyclic) bond motifs is 1. The summed E-state index contributed by atoms with van der Waals surface area (Å²) < 4.78 is 5.45. The van der Waals surface area contributed by atoms with Crippen LogP contribution in [0.5, 0.6) is 0 Å². The molecule has 4 nitrogen and oxygen atoms in total. The number of carbonyl (C=O) groups excluding carboxylic acids is 1. The molecule has 2 heterocycles. The molecule has 124 valence electrons. The molecule has 0 aliphatic carbocycles. The van der Waals surface area contributed by atoms with Gasteiger partial charge in [-0.1, -0.05) is 29.8 Å². The van der Waals surface area contributed by atoms with Crippen molar-refractivity contribution >= 4 is 17.5 Å². The molecule has 1 amide bonds. The molecule has 24 heavy (non-hydrogen) atoms. The van der Waals surface area contributed by atoms with E-state index in [1.54, 1.807) is 0 Å². The first-order chi connectivity index (χ1) is 11.7. The molecule has 1 unspecified atom stereocenters. The van der Waals surface area contributed by atoms with Gasteiger partial charge in [0.05, 0.1) is 19.3 Å². The van der Waals surface area contributed by atoms with Crippen molar-refractivity contribution in [3.05, 3.63) is 69.7 Å². The second kappa shape index (κ2) is 6.55. The Morgan fingerprint density at radius 1 is 1.17 bits per heavy atom. The van der Waals surface area contributed by atoms with Crippen LogP contribution in [0.15, 0.2) is 42.5 Å². The summed E-state index contributed by atoms with van der Waals surface area (Å²) in [6.07, 6.45) is 0. The monoisotopic (exact) mass is 342 g/mol. The summed E-state index contributed by atoms with van der Waals surface area (Å²) in [5.74, 6) is 0.0659. The van der Waals surface area contributed by atoms with E-state index in [1.165, 1.54) is 5.56 Å². The summed E-state index contributed by atoms with van der Waals surface area (Å²) in [6, 6.07) is 13.6. The summed E-state index contributed by atoms with van der Waals surface area (Å²) in [7, 11) is 0. The molecule has 1 fully saturated rings. The minimum atomic E-state index is -0.00513. The van der Waals surface area contributed by atoms with E-state index < -0.39 is 0 Å². The molecule has 0 radical (unpaired) electrons. The topological polar surface area (TPSA) is 41.6 Å². The van der Waals surface area contributed by atoms with Gasteiger partial charge in [0.1, 0.15) is 0 Å². The van der Waals surface area contributed by atoms with Crippen LogP contribution >= 0.6 is 11.6 Å². The van der Waals surface area contributed by atoms with Gasteiger partial charge in [-0.25, -0.2) is 0 Å². The van der Waals surface area contributed by atoms with Gasteiger partial charge in [-0.05, 0) is 41.0 Å². The van der Waals surface area contributed by atoms with Gasteiger partial charge in [-0.3, -0.25) is 4.79 Å². The van der Waals surface area contributed by atoms with Crippen molar-refractivity contribution < 1.29 is 9.53 Å². The number of carbonyl (C=O) groups is 1. The van der Waals surface area contributed by atoms with Crippen molar-refractivity contribution in [2.75, 3.05) is 19.6 Å². The molecule has 0 spiro atoms. The van der Waals surface area contributed by atoms with Crippen LogP contribution in [-0.2, 0) is 18.0 Å². The Bertz CT molecular complexity index is 778. The molecule has 1 saturated heterocycles. The molecule has 2 aromatic carbocycles. The highest BCUT2D eigenvalue weighted by Gasteiger charge is 2.29. The number of amides is 1. The lowest BCUT2D eigenvalue weighted by molar-refractivity contribution is 0.0634. The van der Waals surface area contributed by atoms with E-state index >= 15 is 0 Å². The normalized spacial score (nSPS) is 20.0. The Kier molecular flexibility index (Phi) is 4.27. The number of halogens is 1. The van der Waals surface area contributed by atoms with Crippen LogP contribution in [0.1, 0.15) is 33.1 Å². The Morgan fingerprint density at radius 3 is 2.92 bits per heavy atom. The molecule has 5 heteroatoms. The van der Waals surface area contributed by atoms with E-state index in [2.05, 4.69) is 5.32 Å². The van der Waals surface area contributed by atoms with Gasteiger partial charge in [0.25, 0.3) is 5.91 Å². The zero-order chi connectivity index (χ0) is 16.5. The van der Waals surface area contributed by atoms with E-state index in [4.69, 9.17) is 16.3 Å². The van der Waals surface area contributed by atoms with E-state index in [0.717, 1.165) is 29.8 Å². The highest BCUT2D eigenvalue weighted by molar-refractivity contribution is 6.30. The second-order valence-corrected chi connectivity index (χ2v) is 6.69. The number of benzene rings is 2.